The molecule has 1 aliphatic heterocycles. The minimum atomic E-state index is -1.39. The van der Waals surface area contributed by atoms with Gasteiger partial charge in [0.25, 0.3) is 0 Å². The number of aromatic amines is 1. The SMILES string of the molecule is CC(O)C(NC(=O)C1CCCN1C(=O)CN)C(=O)NC(Cc1c[nH]c2ccccc12)C(=O)O. The molecule has 1 aliphatic rings. The van der Waals surface area contributed by atoms with Gasteiger partial charge in [-0.05, 0) is 31.4 Å². The van der Waals surface area contributed by atoms with Crippen LogP contribution in [0.4, 0.5) is 0 Å². The molecule has 1 saturated heterocycles. The van der Waals surface area contributed by atoms with Crippen LogP contribution in [0.25, 0.3) is 10.9 Å². The van der Waals surface area contributed by atoms with Gasteiger partial charge in [0.2, 0.25) is 17.7 Å². The van der Waals surface area contributed by atoms with Crippen molar-refractivity contribution in [2.45, 2.75) is 50.4 Å². The molecule has 2 heterocycles. The summed E-state index contributed by atoms with van der Waals surface area (Å²) in [7, 11) is 0. The molecule has 0 spiro atoms. The van der Waals surface area contributed by atoms with E-state index in [1.165, 1.54) is 11.8 Å². The van der Waals surface area contributed by atoms with Gasteiger partial charge in [0.05, 0.1) is 12.6 Å². The Balaban J connectivity index is 1.70. The highest BCUT2D eigenvalue weighted by atomic mass is 16.4. The van der Waals surface area contributed by atoms with Gasteiger partial charge in [-0.2, -0.15) is 0 Å². The third kappa shape index (κ3) is 5.49. The Morgan fingerprint density at radius 3 is 2.64 bits per heavy atom. The molecule has 33 heavy (non-hydrogen) atoms. The number of fused-ring (bicyclic) bond motifs is 1. The number of likely N-dealkylation sites (tertiary alicyclic amines) is 1. The van der Waals surface area contributed by atoms with Gasteiger partial charge < -0.3 is 36.5 Å². The lowest BCUT2D eigenvalue weighted by molar-refractivity contribution is -0.143. The second kappa shape index (κ2) is 10.5. The first kappa shape index (κ1) is 24.2. The number of carbonyl (C=O) groups is 4. The van der Waals surface area contributed by atoms with E-state index in [1.54, 1.807) is 6.20 Å². The fourth-order valence-electron chi connectivity index (χ4n) is 4.09. The molecule has 0 aliphatic carbocycles. The Morgan fingerprint density at radius 1 is 1.24 bits per heavy atom. The van der Waals surface area contributed by atoms with Crippen molar-refractivity contribution < 1.29 is 29.4 Å². The van der Waals surface area contributed by atoms with Crippen LogP contribution in [0, 0.1) is 0 Å². The van der Waals surface area contributed by atoms with Crippen LogP contribution in [-0.4, -0.2) is 81.1 Å². The van der Waals surface area contributed by atoms with Crippen molar-refractivity contribution in [1.29, 1.82) is 0 Å². The smallest absolute Gasteiger partial charge is 0.326 e. The highest BCUT2D eigenvalue weighted by Gasteiger charge is 2.37. The lowest BCUT2D eigenvalue weighted by Gasteiger charge is -2.27. The third-order valence-corrected chi connectivity index (χ3v) is 5.83. The number of hydrogen-bond acceptors (Lipinski definition) is 6. The molecule has 0 radical (unpaired) electrons. The van der Waals surface area contributed by atoms with Crippen LogP contribution in [0.5, 0.6) is 0 Å². The fraction of sp³-hybridized carbons (Fsp3) is 0.455. The average molecular weight is 460 g/mol. The number of aliphatic hydroxyl groups is 1. The van der Waals surface area contributed by atoms with E-state index in [9.17, 15) is 29.4 Å². The molecule has 4 atom stereocenters. The molecule has 11 heteroatoms. The van der Waals surface area contributed by atoms with Crippen molar-refractivity contribution in [3.05, 3.63) is 36.0 Å². The van der Waals surface area contributed by atoms with E-state index in [1.807, 2.05) is 24.3 Å². The van der Waals surface area contributed by atoms with Crippen molar-refractivity contribution in [2.24, 2.45) is 5.73 Å². The summed E-state index contributed by atoms with van der Waals surface area (Å²) in [6.45, 7) is 1.46. The van der Waals surface area contributed by atoms with Crippen LogP contribution in [0.15, 0.2) is 30.5 Å². The molecule has 3 amide bonds. The standard InChI is InChI=1S/C22H29N5O6/c1-12(28)19(26-20(30)17-7-4-8-27(17)18(29)10-23)21(31)25-16(22(32)33)9-13-11-24-15-6-3-2-5-14(13)15/h2-3,5-6,11-12,16-17,19,24,28H,4,7-10,23H2,1H3,(H,25,31)(H,26,30)(H,32,33). The second-order valence-electron chi connectivity index (χ2n) is 8.14. The molecule has 1 aromatic heterocycles. The number of nitrogens with two attached hydrogens (primary N) is 1. The maximum atomic E-state index is 12.9. The van der Waals surface area contributed by atoms with Crippen LogP contribution in [0.1, 0.15) is 25.3 Å². The van der Waals surface area contributed by atoms with Crippen LogP contribution >= 0.6 is 0 Å². The van der Waals surface area contributed by atoms with E-state index in [0.29, 0.717) is 24.9 Å². The van der Waals surface area contributed by atoms with E-state index in [2.05, 4.69) is 15.6 Å². The van der Waals surface area contributed by atoms with Crippen molar-refractivity contribution in [3.8, 4) is 0 Å². The lowest BCUT2D eigenvalue weighted by atomic mass is 10.0. The number of benzene rings is 1. The summed E-state index contributed by atoms with van der Waals surface area (Å²) in [5, 5.41) is 25.5. The van der Waals surface area contributed by atoms with Gasteiger partial charge in [0.15, 0.2) is 0 Å². The van der Waals surface area contributed by atoms with Crippen LogP contribution in [0.3, 0.4) is 0 Å². The number of para-hydroxylation sites is 1. The molecular weight excluding hydrogens is 430 g/mol. The van der Waals surface area contributed by atoms with Gasteiger partial charge in [-0.1, -0.05) is 18.2 Å². The van der Waals surface area contributed by atoms with E-state index in [-0.39, 0.29) is 18.9 Å². The first-order valence-corrected chi connectivity index (χ1v) is 10.8. The Bertz CT molecular complexity index is 1040. The molecule has 3 rings (SSSR count). The lowest BCUT2D eigenvalue weighted by Crippen LogP contribution is -2.59. The number of rotatable bonds is 9. The quantitative estimate of drug-likeness (QED) is 0.281. The molecule has 1 fully saturated rings. The summed E-state index contributed by atoms with van der Waals surface area (Å²) in [5.74, 6) is -3.06. The van der Waals surface area contributed by atoms with Gasteiger partial charge in [-0.15, -0.1) is 0 Å². The number of hydrogen-bond donors (Lipinski definition) is 6. The van der Waals surface area contributed by atoms with E-state index in [0.717, 1.165) is 10.9 Å². The molecule has 11 nitrogen and oxygen atoms in total. The molecular formula is C22H29N5O6. The summed E-state index contributed by atoms with van der Waals surface area (Å²) in [5.41, 5.74) is 6.94. The molecule has 0 bridgehead atoms. The number of aliphatic hydroxyl groups excluding tert-OH is 1. The van der Waals surface area contributed by atoms with Crippen molar-refractivity contribution in [2.75, 3.05) is 13.1 Å². The summed E-state index contributed by atoms with van der Waals surface area (Å²) < 4.78 is 0. The first-order valence-electron chi connectivity index (χ1n) is 10.8. The zero-order valence-corrected chi connectivity index (χ0v) is 18.3. The normalized spacial score (nSPS) is 18.5. The predicted octanol–water partition coefficient (Wildman–Crippen LogP) is -0.905. The maximum Gasteiger partial charge on any atom is 0.326 e. The molecule has 0 saturated carbocycles. The monoisotopic (exact) mass is 459 g/mol. The van der Waals surface area contributed by atoms with Gasteiger partial charge in [-0.3, -0.25) is 14.4 Å². The van der Waals surface area contributed by atoms with E-state index in [4.69, 9.17) is 5.73 Å². The topological polar surface area (TPSA) is 178 Å². The number of amides is 3. The fourth-order valence-corrected chi connectivity index (χ4v) is 4.09. The summed E-state index contributed by atoms with van der Waals surface area (Å²) in [6.07, 6.45) is 1.42. The average Bonchev–Trinajstić information content (AvgIpc) is 3.43. The number of carboxylic acids is 1. The van der Waals surface area contributed by atoms with Crippen molar-refractivity contribution >= 4 is 34.6 Å². The number of aliphatic carboxylic acids is 1. The Kier molecular flexibility index (Phi) is 7.67. The summed E-state index contributed by atoms with van der Waals surface area (Å²) >= 11 is 0. The third-order valence-electron chi connectivity index (χ3n) is 5.83. The molecule has 178 valence electrons. The van der Waals surface area contributed by atoms with Crippen LogP contribution < -0.4 is 16.4 Å². The van der Waals surface area contributed by atoms with Gasteiger partial charge in [0, 0.05) is 30.1 Å². The Labute approximate surface area is 190 Å². The van der Waals surface area contributed by atoms with Gasteiger partial charge in [0.1, 0.15) is 18.1 Å². The molecule has 2 aromatic rings. The molecule has 1 aromatic carbocycles. The maximum absolute atomic E-state index is 12.9. The number of carboxylic acid groups (broad SMARTS) is 1. The van der Waals surface area contributed by atoms with Gasteiger partial charge in [-0.25, -0.2) is 4.79 Å². The molecule has 4 unspecified atom stereocenters. The Hall–Kier alpha value is -3.44. The largest absolute Gasteiger partial charge is 0.480 e. The second-order valence-corrected chi connectivity index (χ2v) is 8.14. The van der Waals surface area contributed by atoms with Crippen molar-refractivity contribution in [1.82, 2.24) is 20.5 Å². The van der Waals surface area contributed by atoms with Gasteiger partial charge >= 0.3 is 5.97 Å². The molecule has 7 N–H and O–H groups in total. The zero-order valence-electron chi connectivity index (χ0n) is 18.3. The summed E-state index contributed by atoms with van der Waals surface area (Å²) in [4.78, 5) is 53.8. The first-order chi connectivity index (χ1) is 15.7. The predicted molar refractivity (Wildman–Crippen MR) is 119 cm³/mol. The van der Waals surface area contributed by atoms with E-state index >= 15 is 0 Å². The zero-order chi connectivity index (χ0) is 24.1. The van der Waals surface area contributed by atoms with E-state index < -0.39 is 42.0 Å². The summed E-state index contributed by atoms with van der Waals surface area (Å²) in [6, 6.07) is 3.91. The Morgan fingerprint density at radius 2 is 1.97 bits per heavy atom. The number of nitrogens with one attached hydrogen (secondary N) is 3. The van der Waals surface area contributed by atoms with Crippen molar-refractivity contribution in [3.63, 3.8) is 0 Å². The highest BCUT2D eigenvalue weighted by molar-refractivity contribution is 5.94. The van der Waals surface area contributed by atoms with Crippen LogP contribution in [0.2, 0.25) is 0 Å². The number of nitrogens with zero attached hydrogens (tertiary/aromatic N) is 1. The van der Waals surface area contributed by atoms with Crippen LogP contribution in [-0.2, 0) is 25.6 Å². The number of carbonyl (C=O) groups excluding carboxylic acids is 3. The minimum Gasteiger partial charge on any atom is -0.480 e. The number of H-pyrrole nitrogens is 1. The minimum absolute atomic E-state index is 0.00691. The highest BCUT2D eigenvalue weighted by Crippen LogP contribution is 2.20. The number of aromatic nitrogens is 1.